The summed E-state index contributed by atoms with van der Waals surface area (Å²) in [7, 11) is 0. The summed E-state index contributed by atoms with van der Waals surface area (Å²) in [4.78, 5) is 19.0. The van der Waals surface area contributed by atoms with Crippen molar-refractivity contribution >= 4 is 11.9 Å². The van der Waals surface area contributed by atoms with E-state index in [9.17, 15) is 4.79 Å². The summed E-state index contributed by atoms with van der Waals surface area (Å²) in [6.07, 6.45) is 1.99. The maximum atomic E-state index is 11.1. The molecule has 3 N–H and O–H groups in total. The number of hydrogen-bond acceptors (Lipinski definition) is 4. The van der Waals surface area contributed by atoms with E-state index >= 15 is 0 Å². The minimum atomic E-state index is -0.977. The highest BCUT2D eigenvalue weighted by Gasteiger charge is 2.17. The minimum Gasteiger partial charge on any atom is -0.478 e. The fourth-order valence-electron chi connectivity index (χ4n) is 1.50. The summed E-state index contributed by atoms with van der Waals surface area (Å²) in [6.45, 7) is 3.82. The van der Waals surface area contributed by atoms with Crippen LogP contribution in [0, 0.1) is 0 Å². The molecule has 0 amide bonds. The van der Waals surface area contributed by atoms with Gasteiger partial charge >= 0.3 is 5.97 Å². The van der Waals surface area contributed by atoms with E-state index in [1.54, 1.807) is 0 Å². The monoisotopic (exact) mass is 209 g/mol. The van der Waals surface area contributed by atoms with Crippen molar-refractivity contribution in [3.8, 4) is 0 Å². The molecular formula is C10H15N3O2. The highest BCUT2D eigenvalue weighted by molar-refractivity contribution is 5.90. The molecule has 0 unspecified atom stereocenters. The predicted octanol–water partition coefficient (Wildman–Crippen LogP) is 1.27. The number of nitrogens with zero attached hydrogens (tertiary/aromatic N) is 2. The van der Waals surface area contributed by atoms with E-state index in [4.69, 9.17) is 10.8 Å². The Bertz CT molecular complexity index is 377. The van der Waals surface area contributed by atoms with Crippen molar-refractivity contribution in [1.29, 1.82) is 0 Å². The Labute approximate surface area is 88.4 Å². The molecule has 5 nitrogen and oxygen atoms in total. The van der Waals surface area contributed by atoms with Gasteiger partial charge in [-0.05, 0) is 12.8 Å². The maximum Gasteiger partial charge on any atom is 0.339 e. The first-order chi connectivity index (χ1) is 7.10. The first kappa shape index (κ1) is 11.4. The zero-order chi connectivity index (χ0) is 11.4. The van der Waals surface area contributed by atoms with Crippen molar-refractivity contribution < 1.29 is 9.90 Å². The van der Waals surface area contributed by atoms with Gasteiger partial charge in [0.15, 0.2) is 0 Å². The Kier molecular flexibility index (Phi) is 3.60. The molecule has 1 aromatic rings. The van der Waals surface area contributed by atoms with E-state index in [0.717, 1.165) is 6.42 Å². The van der Waals surface area contributed by atoms with Crippen molar-refractivity contribution in [2.45, 2.75) is 33.1 Å². The van der Waals surface area contributed by atoms with Gasteiger partial charge in [0, 0.05) is 0 Å². The van der Waals surface area contributed by atoms with Crippen molar-refractivity contribution in [2.24, 2.45) is 0 Å². The lowest BCUT2D eigenvalue weighted by Gasteiger charge is -2.08. The summed E-state index contributed by atoms with van der Waals surface area (Å²) in [5.74, 6) is -0.824. The van der Waals surface area contributed by atoms with E-state index < -0.39 is 5.97 Å². The summed E-state index contributed by atoms with van der Waals surface area (Å²) in [5, 5.41) is 9.07. The van der Waals surface area contributed by atoms with Crippen LogP contribution in [0.5, 0.6) is 0 Å². The average molecular weight is 209 g/mol. The zero-order valence-electron chi connectivity index (χ0n) is 8.95. The lowest BCUT2D eigenvalue weighted by molar-refractivity contribution is 0.0693. The van der Waals surface area contributed by atoms with Crippen LogP contribution in [-0.2, 0) is 12.8 Å². The van der Waals surface area contributed by atoms with Crippen LogP contribution in [0.1, 0.15) is 42.0 Å². The van der Waals surface area contributed by atoms with Crippen LogP contribution >= 0.6 is 0 Å². The summed E-state index contributed by atoms with van der Waals surface area (Å²) >= 11 is 0. The molecule has 0 aliphatic carbocycles. The Morgan fingerprint density at radius 3 is 2.40 bits per heavy atom. The standard InChI is InChI=1S/C10H15N3O2/c1-3-5-7-8(9(14)15)6(4-2)12-10(11)13-7/h3-5H2,1-2H3,(H,14,15)(H2,11,12,13). The van der Waals surface area contributed by atoms with Gasteiger partial charge in [-0.15, -0.1) is 0 Å². The Balaban J connectivity index is 3.33. The lowest BCUT2D eigenvalue weighted by Crippen LogP contribution is -2.13. The second kappa shape index (κ2) is 4.72. The molecule has 0 atom stereocenters. The number of carboxylic acids is 1. The van der Waals surface area contributed by atoms with E-state index in [-0.39, 0.29) is 11.5 Å². The normalized spacial score (nSPS) is 10.3. The maximum absolute atomic E-state index is 11.1. The molecular weight excluding hydrogens is 194 g/mol. The van der Waals surface area contributed by atoms with Crippen LogP contribution in [0.2, 0.25) is 0 Å². The summed E-state index contributed by atoms with van der Waals surface area (Å²) < 4.78 is 0. The van der Waals surface area contributed by atoms with Crippen LogP contribution in [0.4, 0.5) is 5.95 Å². The van der Waals surface area contributed by atoms with Gasteiger partial charge in [-0.3, -0.25) is 0 Å². The van der Waals surface area contributed by atoms with E-state index in [1.807, 2.05) is 13.8 Å². The Morgan fingerprint density at radius 1 is 1.33 bits per heavy atom. The van der Waals surface area contributed by atoms with Gasteiger partial charge in [0.05, 0.1) is 11.4 Å². The van der Waals surface area contributed by atoms with Gasteiger partial charge in [0.2, 0.25) is 5.95 Å². The van der Waals surface area contributed by atoms with Gasteiger partial charge in [-0.1, -0.05) is 20.3 Å². The molecule has 0 saturated carbocycles. The van der Waals surface area contributed by atoms with E-state index in [0.29, 0.717) is 24.2 Å². The number of aromatic nitrogens is 2. The van der Waals surface area contributed by atoms with Crippen molar-refractivity contribution in [2.75, 3.05) is 5.73 Å². The molecule has 82 valence electrons. The second-order valence-electron chi connectivity index (χ2n) is 3.26. The molecule has 5 heteroatoms. The molecule has 0 spiro atoms. The number of aromatic carboxylic acids is 1. The molecule has 0 aliphatic heterocycles. The smallest absolute Gasteiger partial charge is 0.339 e. The van der Waals surface area contributed by atoms with Crippen molar-refractivity contribution in [3.63, 3.8) is 0 Å². The number of carboxylic acid groups (broad SMARTS) is 1. The molecule has 0 bridgehead atoms. The summed E-state index contributed by atoms with van der Waals surface area (Å²) in [6, 6.07) is 0. The Hall–Kier alpha value is -1.65. The Morgan fingerprint density at radius 2 is 1.93 bits per heavy atom. The zero-order valence-corrected chi connectivity index (χ0v) is 8.95. The molecule has 1 aromatic heterocycles. The highest BCUT2D eigenvalue weighted by atomic mass is 16.4. The highest BCUT2D eigenvalue weighted by Crippen LogP contribution is 2.15. The van der Waals surface area contributed by atoms with Crippen LogP contribution in [-0.4, -0.2) is 21.0 Å². The van der Waals surface area contributed by atoms with Gasteiger partial charge in [0.25, 0.3) is 0 Å². The second-order valence-corrected chi connectivity index (χ2v) is 3.26. The number of hydrogen-bond donors (Lipinski definition) is 2. The molecule has 1 heterocycles. The van der Waals surface area contributed by atoms with E-state index in [1.165, 1.54) is 0 Å². The minimum absolute atomic E-state index is 0.153. The molecule has 1 rings (SSSR count). The van der Waals surface area contributed by atoms with Crippen LogP contribution in [0.25, 0.3) is 0 Å². The first-order valence-corrected chi connectivity index (χ1v) is 4.98. The number of aryl methyl sites for hydroxylation is 2. The third kappa shape index (κ3) is 2.43. The van der Waals surface area contributed by atoms with Crippen molar-refractivity contribution in [3.05, 3.63) is 17.0 Å². The predicted molar refractivity (Wildman–Crippen MR) is 56.8 cm³/mol. The number of anilines is 1. The van der Waals surface area contributed by atoms with Gasteiger partial charge in [0.1, 0.15) is 5.56 Å². The van der Waals surface area contributed by atoms with Crippen LogP contribution in [0.3, 0.4) is 0 Å². The fraction of sp³-hybridized carbons (Fsp3) is 0.500. The fourth-order valence-corrected chi connectivity index (χ4v) is 1.50. The molecule has 15 heavy (non-hydrogen) atoms. The SMILES string of the molecule is CCCc1nc(N)nc(CC)c1C(=O)O. The van der Waals surface area contributed by atoms with Gasteiger partial charge in [-0.2, -0.15) is 0 Å². The number of nitrogens with two attached hydrogens (primary N) is 1. The number of rotatable bonds is 4. The lowest BCUT2D eigenvalue weighted by atomic mass is 10.1. The first-order valence-electron chi connectivity index (χ1n) is 4.98. The molecule has 0 fully saturated rings. The van der Waals surface area contributed by atoms with Gasteiger partial charge < -0.3 is 10.8 Å². The third-order valence-corrected chi connectivity index (χ3v) is 2.11. The number of nitrogen functional groups attached to an aromatic ring is 1. The van der Waals surface area contributed by atoms with E-state index in [2.05, 4.69) is 9.97 Å². The number of carbonyl (C=O) groups is 1. The van der Waals surface area contributed by atoms with Crippen LogP contribution < -0.4 is 5.73 Å². The summed E-state index contributed by atoms with van der Waals surface area (Å²) in [5.41, 5.74) is 6.78. The van der Waals surface area contributed by atoms with Crippen LogP contribution in [0.15, 0.2) is 0 Å². The molecule has 0 radical (unpaired) electrons. The molecule has 0 saturated heterocycles. The molecule has 0 aromatic carbocycles. The molecule has 0 aliphatic rings. The van der Waals surface area contributed by atoms with Crippen molar-refractivity contribution in [1.82, 2.24) is 9.97 Å². The topological polar surface area (TPSA) is 89.1 Å². The quantitative estimate of drug-likeness (QED) is 0.779. The third-order valence-electron chi connectivity index (χ3n) is 2.11. The van der Waals surface area contributed by atoms with Gasteiger partial charge in [-0.25, -0.2) is 14.8 Å². The average Bonchev–Trinajstić information content (AvgIpc) is 2.16. The largest absolute Gasteiger partial charge is 0.478 e.